The lowest BCUT2D eigenvalue weighted by Crippen LogP contribution is -2.35. The van der Waals surface area contributed by atoms with E-state index in [1.165, 1.54) is 66.5 Å². The molecule has 3 aromatic rings. The largest absolute Gasteiger partial charge is 0.313 e. The van der Waals surface area contributed by atoms with Crippen molar-refractivity contribution in [3.05, 3.63) is 77.0 Å². The van der Waals surface area contributed by atoms with Crippen LogP contribution in [0.15, 0.2) is 54.6 Å². The minimum atomic E-state index is 0.843. The van der Waals surface area contributed by atoms with Gasteiger partial charge >= 0.3 is 0 Å². The molecule has 142 valence electrons. The smallest absolute Gasteiger partial charge is 0.0567 e. The Morgan fingerprint density at radius 3 is 2.71 bits per heavy atom. The molecule has 28 heavy (non-hydrogen) atoms. The molecule has 3 heterocycles. The number of fused-ring (bicyclic) bond motifs is 5. The fourth-order valence-corrected chi connectivity index (χ4v) is 5.75. The van der Waals surface area contributed by atoms with Crippen molar-refractivity contribution in [2.45, 2.75) is 45.1 Å². The highest BCUT2D eigenvalue weighted by Gasteiger charge is 2.28. The summed E-state index contributed by atoms with van der Waals surface area (Å²) in [7, 11) is 0. The number of rotatable bonds is 2. The molecule has 1 atom stereocenters. The van der Waals surface area contributed by atoms with Crippen LogP contribution in [0, 0.1) is 5.92 Å². The maximum atomic E-state index is 2.72. The molecule has 2 nitrogen and oxygen atoms in total. The fraction of sp³-hybridized carbons (Fsp3) is 0.385. The van der Waals surface area contributed by atoms with E-state index in [0.717, 1.165) is 25.3 Å². The third-order valence-electron chi connectivity index (χ3n) is 7.12. The first-order valence-corrected chi connectivity index (χ1v) is 11.0. The van der Waals surface area contributed by atoms with Crippen LogP contribution in [0.25, 0.3) is 16.6 Å². The van der Waals surface area contributed by atoms with E-state index in [9.17, 15) is 0 Å². The van der Waals surface area contributed by atoms with Crippen molar-refractivity contribution in [2.75, 3.05) is 13.1 Å². The van der Waals surface area contributed by atoms with Crippen molar-refractivity contribution in [3.8, 4) is 5.69 Å². The Morgan fingerprint density at radius 1 is 0.893 bits per heavy atom. The van der Waals surface area contributed by atoms with Gasteiger partial charge in [0.05, 0.1) is 5.52 Å². The molecule has 6 rings (SSSR count). The van der Waals surface area contributed by atoms with Gasteiger partial charge in [-0.05, 0) is 60.8 Å². The lowest BCUT2D eigenvalue weighted by atomic mass is 9.93. The molecule has 2 heteroatoms. The van der Waals surface area contributed by atoms with Gasteiger partial charge in [-0.15, -0.1) is 0 Å². The molecule has 2 aliphatic heterocycles. The van der Waals surface area contributed by atoms with Gasteiger partial charge in [0.1, 0.15) is 0 Å². The first kappa shape index (κ1) is 16.6. The van der Waals surface area contributed by atoms with Gasteiger partial charge in [0.25, 0.3) is 0 Å². The molecule has 0 radical (unpaired) electrons. The second kappa shape index (κ2) is 6.63. The summed E-state index contributed by atoms with van der Waals surface area (Å²) in [5, 5.41) is 1.50. The van der Waals surface area contributed by atoms with Gasteiger partial charge in [0.15, 0.2) is 0 Å². The van der Waals surface area contributed by atoms with Gasteiger partial charge in [-0.2, -0.15) is 0 Å². The highest BCUT2D eigenvalue weighted by atomic mass is 15.1. The zero-order valence-electron chi connectivity index (χ0n) is 16.5. The van der Waals surface area contributed by atoms with E-state index >= 15 is 0 Å². The average molecular weight is 369 g/mol. The molecule has 0 amide bonds. The summed E-state index contributed by atoms with van der Waals surface area (Å²) in [6.45, 7) is 3.57. The van der Waals surface area contributed by atoms with Crippen molar-refractivity contribution in [1.29, 1.82) is 0 Å². The minimum Gasteiger partial charge on any atom is -0.313 e. The molecule has 0 bridgehead atoms. The van der Waals surface area contributed by atoms with Crippen LogP contribution in [0.4, 0.5) is 0 Å². The van der Waals surface area contributed by atoms with Crippen molar-refractivity contribution in [1.82, 2.24) is 9.47 Å². The third-order valence-corrected chi connectivity index (χ3v) is 7.12. The summed E-state index contributed by atoms with van der Waals surface area (Å²) in [5.41, 5.74) is 9.08. The number of aromatic nitrogens is 1. The standard InChI is InChI=1S/C26H28N2/c1-2-7-19(8-3-1)17-27-16-15-25-23(18-27)22-11-6-10-21-14-13-20-9-4-5-12-24(20)28(25)26(21)22/h1-2,4-6,9-12,19H,3,7-8,13-18H2. The van der Waals surface area contributed by atoms with E-state index in [-0.39, 0.29) is 0 Å². The quantitative estimate of drug-likeness (QED) is 0.547. The zero-order chi connectivity index (χ0) is 18.5. The number of para-hydroxylation sites is 2. The van der Waals surface area contributed by atoms with Crippen molar-refractivity contribution < 1.29 is 0 Å². The second-order valence-corrected chi connectivity index (χ2v) is 8.84. The van der Waals surface area contributed by atoms with Crippen LogP contribution in [0.5, 0.6) is 0 Å². The van der Waals surface area contributed by atoms with Crippen LogP contribution < -0.4 is 0 Å². The zero-order valence-corrected chi connectivity index (χ0v) is 16.5. The van der Waals surface area contributed by atoms with Crippen LogP contribution >= 0.6 is 0 Å². The SMILES string of the molecule is C1=CCC(CN2CCc3c(c4cccc5c4n3-c3ccccc3CC5)C2)CC1. The Hall–Kier alpha value is -2.32. The van der Waals surface area contributed by atoms with Crippen molar-refractivity contribution in [2.24, 2.45) is 5.92 Å². The first-order valence-electron chi connectivity index (χ1n) is 11.0. The molecule has 0 saturated heterocycles. The first-order chi connectivity index (χ1) is 13.9. The number of nitrogens with zero attached hydrogens (tertiary/aromatic N) is 2. The molecule has 2 aromatic carbocycles. The molecular formula is C26H28N2. The number of allylic oxidation sites excluding steroid dienone is 2. The summed E-state index contributed by atoms with van der Waals surface area (Å²) < 4.78 is 2.63. The number of aryl methyl sites for hydroxylation is 2. The summed E-state index contributed by atoms with van der Waals surface area (Å²) in [6, 6.07) is 16.1. The molecule has 0 N–H and O–H groups in total. The summed E-state index contributed by atoms with van der Waals surface area (Å²) in [6.07, 6.45) is 12.1. The molecule has 1 unspecified atom stereocenters. The normalized spacial score (nSPS) is 21.4. The number of hydrogen-bond donors (Lipinski definition) is 0. The molecule has 1 aromatic heterocycles. The predicted molar refractivity (Wildman–Crippen MR) is 116 cm³/mol. The molecular weight excluding hydrogens is 340 g/mol. The van der Waals surface area contributed by atoms with Crippen LogP contribution in [-0.4, -0.2) is 22.6 Å². The Kier molecular flexibility index (Phi) is 3.94. The van der Waals surface area contributed by atoms with E-state index in [2.05, 4.69) is 64.1 Å². The van der Waals surface area contributed by atoms with E-state index in [1.54, 1.807) is 11.3 Å². The van der Waals surface area contributed by atoms with E-state index < -0.39 is 0 Å². The summed E-state index contributed by atoms with van der Waals surface area (Å²) >= 11 is 0. The topological polar surface area (TPSA) is 8.17 Å². The van der Waals surface area contributed by atoms with Gasteiger partial charge in [-0.25, -0.2) is 0 Å². The lowest BCUT2D eigenvalue weighted by molar-refractivity contribution is 0.206. The van der Waals surface area contributed by atoms with E-state index in [4.69, 9.17) is 0 Å². The Bertz CT molecular complexity index is 1070. The van der Waals surface area contributed by atoms with Crippen molar-refractivity contribution >= 4 is 10.9 Å². The Labute approximate surface area is 167 Å². The molecule has 1 aliphatic carbocycles. The van der Waals surface area contributed by atoms with Gasteiger partial charge in [0, 0.05) is 42.8 Å². The van der Waals surface area contributed by atoms with Crippen LogP contribution in [0.1, 0.15) is 41.6 Å². The highest BCUT2D eigenvalue weighted by molar-refractivity contribution is 5.91. The molecule has 3 aliphatic rings. The number of hydrogen-bond acceptors (Lipinski definition) is 1. The number of benzene rings is 2. The highest BCUT2D eigenvalue weighted by Crippen LogP contribution is 2.38. The third kappa shape index (κ3) is 2.58. The minimum absolute atomic E-state index is 0.843. The Morgan fingerprint density at radius 2 is 1.79 bits per heavy atom. The average Bonchev–Trinajstić information content (AvgIpc) is 2.97. The fourth-order valence-electron chi connectivity index (χ4n) is 5.75. The predicted octanol–water partition coefficient (Wildman–Crippen LogP) is 5.44. The Balaban J connectivity index is 1.45. The lowest BCUT2D eigenvalue weighted by Gasteiger charge is -2.32. The molecule has 0 fully saturated rings. The summed E-state index contributed by atoms with van der Waals surface area (Å²) in [4.78, 5) is 2.72. The monoisotopic (exact) mass is 368 g/mol. The molecule has 0 spiro atoms. The van der Waals surface area contributed by atoms with Gasteiger partial charge in [-0.3, -0.25) is 4.90 Å². The van der Waals surface area contributed by atoms with Gasteiger partial charge < -0.3 is 4.57 Å². The maximum absolute atomic E-state index is 2.72. The maximum Gasteiger partial charge on any atom is 0.0567 e. The van der Waals surface area contributed by atoms with Crippen molar-refractivity contribution in [3.63, 3.8) is 0 Å². The van der Waals surface area contributed by atoms with E-state index in [0.29, 0.717) is 0 Å². The van der Waals surface area contributed by atoms with Gasteiger partial charge in [-0.1, -0.05) is 48.6 Å². The van der Waals surface area contributed by atoms with Crippen LogP contribution in [0.2, 0.25) is 0 Å². The summed E-state index contributed by atoms with van der Waals surface area (Å²) in [5.74, 6) is 0.843. The van der Waals surface area contributed by atoms with Crippen LogP contribution in [0.3, 0.4) is 0 Å². The second-order valence-electron chi connectivity index (χ2n) is 8.84. The van der Waals surface area contributed by atoms with Gasteiger partial charge in [0.2, 0.25) is 0 Å². The van der Waals surface area contributed by atoms with E-state index in [1.807, 2.05) is 0 Å². The molecule has 0 saturated carbocycles. The van der Waals surface area contributed by atoms with Crippen LogP contribution in [-0.2, 0) is 25.8 Å².